The Bertz CT molecular complexity index is 1350. The van der Waals surface area contributed by atoms with E-state index in [9.17, 15) is 24.9 Å². The molecule has 0 spiro atoms. The maximum Gasteiger partial charge on any atom is 0.339 e. The van der Waals surface area contributed by atoms with Crippen LogP contribution in [0.2, 0.25) is 20.1 Å². The lowest BCUT2D eigenvalue weighted by molar-refractivity contribution is -0.136. The van der Waals surface area contributed by atoms with E-state index in [1.165, 1.54) is 30.5 Å². The number of aromatic nitrogens is 1. The van der Waals surface area contributed by atoms with Crippen molar-refractivity contribution in [1.82, 2.24) is 4.98 Å². The van der Waals surface area contributed by atoms with Crippen molar-refractivity contribution in [1.29, 1.82) is 0 Å². The van der Waals surface area contributed by atoms with Gasteiger partial charge in [-0.15, -0.1) is 0 Å². The van der Waals surface area contributed by atoms with Crippen LogP contribution in [0.4, 0.5) is 11.5 Å². The Hall–Kier alpha value is -2.99. The first kappa shape index (κ1) is 32.5. The van der Waals surface area contributed by atoms with E-state index in [-0.39, 0.29) is 81.9 Å². The average Bonchev–Trinajstić information content (AvgIpc) is 2.90. The fraction of sp³-hybridized carbons (Fsp3) is 0.296. The van der Waals surface area contributed by atoms with Crippen LogP contribution in [0.1, 0.15) is 35.2 Å². The van der Waals surface area contributed by atoms with Gasteiger partial charge >= 0.3 is 11.9 Å². The molecule has 1 aromatic heterocycles. The number of carbonyl (C=O) groups is 2. The molecule has 0 radical (unpaired) electrons. The van der Waals surface area contributed by atoms with Gasteiger partial charge in [-0.25, -0.2) is 9.78 Å². The van der Waals surface area contributed by atoms with E-state index in [0.29, 0.717) is 11.3 Å². The number of aliphatic hydroxyl groups is 2. The molecule has 0 saturated carbocycles. The minimum Gasteiger partial charge on any atom is -0.490 e. The molecular weight excluding hydrogens is 622 g/mol. The van der Waals surface area contributed by atoms with Crippen molar-refractivity contribution in [3.05, 3.63) is 73.8 Å². The molecule has 1 heterocycles. The number of ether oxygens (including phenoxy) is 2. The molecule has 3 aromatic rings. The van der Waals surface area contributed by atoms with Crippen molar-refractivity contribution in [3.8, 4) is 11.5 Å². The Morgan fingerprint density at radius 1 is 0.854 bits per heavy atom. The maximum atomic E-state index is 11.4. The van der Waals surface area contributed by atoms with E-state index < -0.39 is 24.1 Å². The van der Waals surface area contributed by atoms with Gasteiger partial charge in [0.25, 0.3) is 0 Å². The predicted octanol–water partition coefficient (Wildman–Crippen LogP) is 6.11. The third kappa shape index (κ3) is 9.53. The lowest BCUT2D eigenvalue weighted by Gasteiger charge is -2.19. The highest BCUT2D eigenvalue weighted by molar-refractivity contribution is 6.38. The van der Waals surface area contributed by atoms with Gasteiger partial charge in [0.2, 0.25) is 0 Å². The van der Waals surface area contributed by atoms with Crippen molar-refractivity contribution in [2.75, 3.05) is 18.5 Å². The summed E-state index contributed by atoms with van der Waals surface area (Å²) in [5.74, 6) is -1.63. The second-order valence-corrected chi connectivity index (χ2v) is 10.4. The van der Waals surface area contributed by atoms with Crippen molar-refractivity contribution < 1.29 is 39.5 Å². The zero-order valence-electron chi connectivity index (χ0n) is 21.3. The number of aromatic carboxylic acids is 1. The molecule has 0 saturated heterocycles. The highest BCUT2D eigenvalue weighted by Crippen LogP contribution is 2.37. The topological polar surface area (TPSA) is 158 Å². The summed E-state index contributed by atoms with van der Waals surface area (Å²) in [6.07, 6.45) is -0.562. The van der Waals surface area contributed by atoms with E-state index in [1.807, 2.05) is 0 Å². The van der Waals surface area contributed by atoms with Crippen LogP contribution in [0.15, 0.2) is 42.6 Å². The molecule has 0 aliphatic carbocycles. The van der Waals surface area contributed by atoms with Crippen LogP contribution >= 0.6 is 46.4 Å². The zero-order valence-corrected chi connectivity index (χ0v) is 24.3. The second kappa shape index (κ2) is 15.3. The molecule has 0 amide bonds. The molecule has 3 rings (SSSR count). The first-order valence-electron chi connectivity index (χ1n) is 12.2. The van der Waals surface area contributed by atoms with Crippen LogP contribution in [-0.2, 0) is 11.2 Å². The molecule has 41 heavy (non-hydrogen) atoms. The number of halogens is 4. The first-order valence-corrected chi connectivity index (χ1v) is 13.7. The number of carboxylic acids is 2. The largest absolute Gasteiger partial charge is 0.490 e. The van der Waals surface area contributed by atoms with Crippen LogP contribution in [0.3, 0.4) is 0 Å². The number of hydrogen-bond donors (Lipinski definition) is 5. The van der Waals surface area contributed by atoms with Crippen LogP contribution in [0.25, 0.3) is 0 Å². The van der Waals surface area contributed by atoms with E-state index in [0.717, 1.165) is 0 Å². The molecular formula is C27H26Cl4N2O8. The third-order valence-corrected chi connectivity index (χ3v) is 6.87. The quantitative estimate of drug-likeness (QED) is 0.130. The van der Waals surface area contributed by atoms with Crippen LogP contribution in [-0.4, -0.2) is 62.8 Å². The monoisotopic (exact) mass is 646 g/mol. The highest BCUT2D eigenvalue weighted by atomic mass is 35.5. The lowest BCUT2D eigenvalue weighted by Crippen LogP contribution is -2.29. The summed E-state index contributed by atoms with van der Waals surface area (Å²) in [5, 5.41) is 42.4. The number of carboxylic acid groups (broad SMARTS) is 2. The minimum atomic E-state index is -1.15. The summed E-state index contributed by atoms with van der Waals surface area (Å²) in [5.41, 5.74) is 1.01. The fourth-order valence-electron chi connectivity index (χ4n) is 3.68. The molecule has 220 valence electrons. The number of rotatable bonds is 15. The van der Waals surface area contributed by atoms with Crippen molar-refractivity contribution in [2.45, 2.75) is 37.9 Å². The molecule has 5 N–H and O–H groups in total. The molecule has 14 heteroatoms. The van der Waals surface area contributed by atoms with Gasteiger partial charge in [0.05, 0.1) is 45.5 Å². The normalized spacial score (nSPS) is 12.4. The number of pyridine rings is 1. The molecule has 2 aromatic carbocycles. The van der Waals surface area contributed by atoms with Gasteiger partial charge in [-0.3, -0.25) is 4.79 Å². The number of nitrogens with one attached hydrogen (secondary N) is 1. The molecule has 2 atom stereocenters. The number of aryl methyl sites for hydroxylation is 1. The molecule has 0 bridgehead atoms. The van der Waals surface area contributed by atoms with Crippen LogP contribution in [0.5, 0.6) is 11.5 Å². The summed E-state index contributed by atoms with van der Waals surface area (Å²) in [7, 11) is 0. The maximum absolute atomic E-state index is 11.4. The summed E-state index contributed by atoms with van der Waals surface area (Å²) in [6, 6.07) is 9.01. The van der Waals surface area contributed by atoms with E-state index in [4.69, 9.17) is 61.0 Å². The number of aliphatic carboxylic acids is 1. The van der Waals surface area contributed by atoms with Crippen LogP contribution in [0, 0.1) is 0 Å². The summed E-state index contributed by atoms with van der Waals surface area (Å²) >= 11 is 25.0. The Kier molecular flexibility index (Phi) is 12.1. The molecule has 0 fully saturated rings. The molecule has 0 aliphatic rings. The summed E-state index contributed by atoms with van der Waals surface area (Å²) in [6.45, 7) is -0.0247. The average molecular weight is 648 g/mol. The number of aliphatic hydroxyl groups excluding tert-OH is 2. The predicted molar refractivity (Wildman–Crippen MR) is 156 cm³/mol. The zero-order chi connectivity index (χ0) is 30.1. The Balaban J connectivity index is 1.48. The lowest BCUT2D eigenvalue weighted by atomic mass is 10.1. The Labute approximate surface area is 255 Å². The third-order valence-electron chi connectivity index (χ3n) is 5.75. The molecule has 2 unspecified atom stereocenters. The van der Waals surface area contributed by atoms with E-state index in [2.05, 4.69) is 10.3 Å². The summed E-state index contributed by atoms with van der Waals surface area (Å²) < 4.78 is 11.2. The SMILES string of the molecule is O=C(O)CCc1cc(Cl)c(OCCC(O)C(O)CCOc2c(Cl)cc(Nc3ncccc3C(=O)O)cc2Cl)c(Cl)c1. The van der Waals surface area contributed by atoms with Crippen LogP contribution < -0.4 is 14.8 Å². The second-order valence-electron chi connectivity index (χ2n) is 8.79. The van der Waals surface area contributed by atoms with Gasteiger partial charge in [-0.1, -0.05) is 46.4 Å². The molecule has 0 aliphatic heterocycles. The van der Waals surface area contributed by atoms with Gasteiger partial charge in [0.15, 0.2) is 11.5 Å². The molecule has 10 nitrogen and oxygen atoms in total. The number of hydrogen-bond acceptors (Lipinski definition) is 8. The highest BCUT2D eigenvalue weighted by Gasteiger charge is 2.19. The van der Waals surface area contributed by atoms with Gasteiger partial charge in [-0.2, -0.15) is 0 Å². The smallest absolute Gasteiger partial charge is 0.339 e. The minimum absolute atomic E-state index is 0.00101. The standard InChI is InChI=1S/C27H26Cl4N2O8/c28-17-10-14(3-4-23(36)37)11-18(29)24(17)40-8-5-21(34)22(35)6-9-41-25-19(30)12-15(13-20(25)31)33-26-16(27(38)39)2-1-7-32-26/h1-2,7,10-13,21-22,34-35H,3-6,8-9H2,(H,32,33)(H,36,37)(H,38,39). The number of benzene rings is 2. The van der Waals surface area contributed by atoms with Crippen molar-refractivity contribution in [2.24, 2.45) is 0 Å². The number of nitrogens with zero attached hydrogens (tertiary/aromatic N) is 1. The Morgan fingerprint density at radius 3 is 1.85 bits per heavy atom. The van der Waals surface area contributed by atoms with Gasteiger partial charge in [0, 0.05) is 31.1 Å². The van der Waals surface area contributed by atoms with E-state index in [1.54, 1.807) is 12.1 Å². The first-order chi connectivity index (χ1) is 19.5. The van der Waals surface area contributed by atoms with Gasteiger partial charge in [0.1, 0.15) is 11.4 Å². The summed E-state index contributed by atoms with van der Waals surface area (Å²) in [4.78, 5) is 26.2. The fourth-order valence-corrected chi connectivity index (χ4v) is 4.92. The van der Waals surface area contributed by atoms with Gasteiger partial charge < -0.3 is 35.2 Å². The van der Waals surface area contributed by atoms with Gasteiger partial charge in [-0.05, 0) is 48.4 Å². The van der Waals surface area contributed by atoms with Crippen molar-refractivity contribution >= 4 is 69.8 Å². The Morgan fingerprint density at radius 2 is 1.37 bits per heavy atom. The van der Waals surface area contributed by atoms with Crippen molar-refractivity contribution in [3.63, 3.8) is 0 Å². The number of anilines is 2. The van der Waals surface area contributed by atoms with E-state index >= 15 is 0 Å².